The molecule has 0 aromatic carbocycles. The summed E-state index contributed by atoms with van der Waals surface area (Å²) in [5.74, 6) is 0.427. The van der Waals surface area contributed by atoms with Crippen LogP contribution in [0.2, 0.25) is 0 Å². The first-order valence-corrected chi connectivity index (χ1v) is 7.85. The van der Waals surface area contributed by atoms with Crippen LogP contribution in [0.1, 0.15) is 23.1 Å². The number of anilines is 1. The molecule has 128 valence electrons. The fourth-order valence-corrected chi connectivity index (χ4v) is 2.66. The van der Waals surface area contributed by atoms with Crippen molar-refractivity contribution in [2.45, 2.75) is 26.1 Å². The van der Waals surface area contributed by atoms with Crippen LogP contribution in [0.25, 0.3) is 0 Å². The van der Waals surface area contributed by atoms with Gasteiger partial charge in [-0.25, -0.2) is 4.98 Å². The molecule has 2 aromatic heterocycles. The van der Waals surface area contributed by atoms with Gasteiger partial charge < -0.3 is 15.5 Å². The molecule has 1 atom stereocenters. The van der Waals surface area contributed by atoms with Crippen molar-refractivity contribution in [1.82, 2.24) is 19.7 Å². The second-order valence-corrected chi connectivity index (χ2v) is 5.96. The third kappa shape index (κ3) is 3.78. The normalized spacial score (nSPS) is 15.8. The molecule has 3 heterocycles. The Morgan fingerprint density at radius 1 is 1.42 bits per heavy atom. The number of hydrogen-bond donors (Lipinski definition) is 3. The third-order valence-electron chi connectivity index (χ3n) is 3.96. The van der Waals surface area contributed by atoms with Gasteiger partial charge in [0.05, 0.1) is 31.1 Å². The first kappa shape index (κ1) is 16.6. The third-order valence-corrected chi connectivity index (χ3v) is 3.96. The molecule has 0 bridgehead atoms. The number of aryl methyl sites for hydroxylation is 1. The summed E-state index contributed by atoms with van der Waals surface area (Å²) in [6.07, 6.45) is 0.746. The van der Waals surface area contributed by atoms with Crippen LogP contribution in [0.5, 0.6) is 0 Å². The van der Waals surface area contributed by atoms with E-state index < -0.39 is 6.10 Å². The molecule has 1 aliphatic heterocycles. The number of aliphatic hydroxyl groups excluding tert-OH is 2. The van der Waals surface area contributed by atoms with Gasteiger partial charge in [-0.05, 0) is 24.6 Å². The van der Waals surface area contributed by atoms with Gasteiger partial charge in [-0.15, -0.1) is 0 Å². The van der Waals surface area contributed by atoms with Gasteiger partial charge in [-0.1, -0.05) is 6.07 Å². The lowest BCUT2D eigenvalue weighted by atomic mass is 10.2. The maximum Gasteiger partial charge on any atom is 0.239 e. The maximum atomic E-state index is 12.1. The van der Waals surface area contributed by atoms with Gasteiger partial charge in [0.1, 0.15) is 11.9 Å². The zero-order valence-electron chi connectivity index (χ0n) is 13.5. The van der Waals surface area contributed by atoms with Crippen LogP contribution in [0.15, 0.2) is 24.4 Å². The molecule has 8 heteroatoms. The summed E-state index contributed by atoms with van der Waals surface area (Å²) in [6.45, 7) is 3.75. The summed E-state index contributed by atoms with van der Waals surface area (Å²) in [5, 5.41) is 25.7. The predicted molar refractivity (Wildman–Crippen MR) is 87.2 cm³/mol. The van der Waals surface area contributed by atoms with Crippen molar-refractivity contribution in [3.05, 3.63) is 41.3 Å². The molecule has 8 nitrogen and oxygen atoms in total. The van der Waals surface area contributed by atoms with Gasteiger partial charge in [0.2, 0.25) is 5.91 Å². The number of amides is 1. The number of rotatable bonds is 5. The number of aromatic nitrogens is 3. The van der Waals surface area contributed by atoms with E-state index >= 15 is 0 Å². The second-order valence-electron chi connectivity index (χ2n) is 5.96. The molecule has 0 unspecified atom stereocenters. The zero-order chi connectivity index (χ0) is 17.1. The van der Waals surface area contributed by atoms with Crippen LogP contribution in [0.4, 0.5) is 5.82 Å². The lowest BCUT2D eigenvalue weighted by molar-refractivity contribution is -0.117. The fourth-order valence-electron chi connectivity index (χ4n) is 2.66. The zero-order valence-corrected chi connectivity index (χ0v) is 13.5. The fraction of sp³-hybridized carbons (Fsp3) is 0.438. The molecule has 2 aromatic rings. The van der Waals surface area contributed by atoms with E-state index in [1.807, 2.05) is 22.6 Å². The number of nitrogens with zero attached hydrogens (tertiary/aromatic N) is 4. The smallest absolute Gasteiger partial charge is 0.239 e. The van der Waals surface area contributed by atoms with Crippen molar-refractivity contribution in [3.63, 3.8) is 0 Å². The summed E-state index contributed by atoms with van der Waals surface area (Å²) in [7, 11) is 0. The quantitative estimate of drug-likeness (QED) is 0.716. The molecule has 0 spiro atoms. The lowest BCUT2D eigenvalue weighted by Crippen LogP contribution is -2.39. The summed E-state index contributed by atoms with van der Waals surface area (Å²) in [4.78, 5) is 18.3. The van der Waals surface area contributed by atoms with E-state index in [1.54, 1.807) is 18.3 Å². The van der Waals surface area contributed by atoms with Gasteiger partial charge in [-0.2, -0.15) is 5.10 Å². The number of fused-ring (bicyclic) bond motifs is 1. The van der Waals surface area contributed by atoms with E-state index in [-0.39, 0.29) is 19.1 Å². The molecule has 0 aliphatic carbocycles. The maximum absolute atomic E-state index is 12.1. The highest BCUT2D eigenvalue weighted by molar-refractivity contribution is 5.91. The Bertz CT molecular complexity index is 713. The molecular weight excluding hydrogens is 310 g/mol. The van der Waals surface area contributed by atoms with E-state index in [9.17, 15) is 9.90 Å². The van der Waals surface area contributed by atoms with Crippen LogP contribution >= 0.6 is 0 Å². The van der Waals surface area contributed by atoms with Crippen molar-refractivity contribution in [3.8, 4) is 0 Å². The Morgan fingerprint density at radius 3 is 2.96 bits per heavy atom. The van der Waals surface area contributed by atoms with Gasteiger partial charge in [0.25, 0.3) is 0 Å². The number of pyridine rings is 1. The van der Waals surface area contributed by atoms with E-state index in [2.05, 4.69) is 15.4 Å². The van der Waals surface area contributed by atoms with Gasteiger partial charge in [0, 0.05) is 19.3 Å². The second kappa shape index (κ2) is 7.08. The first-order valence-electron chi connectivity index (χ1n) is 7.85. The van der Waals surface area contributed by atoms with Gasteiger partial charge in [0.15, 0.2) is 0 Å². The molecule has 0 radical (unpaired) electrons. The number of carbonyl (C=O) groups excluding carboxylic acids is 1. The standard InChI is InChI=1S/C16H21N5O3/c1-11-2-3-15(17-7-11)18-16(24)9-20-4-5-21-12(8-20)6-13(19-21)14(23)10-22/h2-3,6-7,14,22-23H,4-5,8-10H2,1H3,(H,17,18,24)/t14-/m0/s1. The average molecular weight is 331 g/mol. The summed E-state index contributed by atoms with van der Waals surface area (Å²) >= 11 is 0. The Kier molecular flexibility index (Phi) is 4.89. The molecule has 3 N–H and O–H groups in total. The SMILES string of the molecule is Cc1ccc(NC(=O)CN2CCn3nc([C@@H](O)CO)cc3C2)nc1. The van der Waals surface area contributed by atoms with E-state index in [0.29, 0.717) is 31.1 Å². The van der Waals surface area contributed by atoms with E-state index in [4.69, 9.17) is 5.11 Å². The Balaban J connectivity index is 1.58. The first-order chi connectivity index (χ1) is 11.5. The molecule has 3 rings (SSSR count). The van der Waals surface area contributed by atoms with Crippen LogP contribution in [0, 0.1) is 6.92 Å². The number of aliphatic hydroxyl groups is 2. The highest BCUT2D eigenvalue weighted by atomic mass is 16.3. The topological polar surface area (TPSA) is 104 Å². The Hall–Kier alpha value is -2.29. The van der Waals surface area contributed by atoms with Crippen LogP contribution in [-0.2, 0) is 17.9 Å². The summed E-state index contributed by atoms with van der Waals surface area (Å²) in [6, 6.07) is 5.45. The highest BCUT2D eigenvalue weighted by Gasteiger charge is 2.22. The predicted octanol–water partition coefficient (Wildman–Crippen LogP) is 0.0665. The van der Waals surface area contributed by atoms with Gasteiger partial charge >= 0.3 is 0 Å². The largest absolute Gasteiger partial charge is 0.393 e. The Morgan fingerprint density at radius 2 is 2.25 bits per heavy atom. The minimum Gasteiger partial charge on any atom is -0.393 e. The monoisotopic (exact) mass is 331 g/mol. The van der Waals surface area contributed by atoms with Crippen LogP contribution in [-0.4, -0.2) is 55.5 Å². The Labute approximate surface area is 139 Å². The van der Waals surface area contributed by atoms with Crippen molar-refractivity contribution in [2.24, 2.45) is 0 Å². The molecule has 0 saturated heterocycles. The highest BCUT2D eigenvalue weighted by Crippen LogP contribution is 2.18. The van der Waals surface area contributed by atoms with Crippen LogP contribution < -0.4 is 5.32 Å². The van der Waals surface area contributed by atoms with E-state index in [0.717, 1.165) is 11.3 Å². The number of hydrogen-bond acceptors (Lipinski definition) is 6. The summed E-state index contributed by atoms with van der Waals surface area (Å²) in [5.41, 5.74) is 2.42. The number of nitrogens with one attached hydrogen (secondary N) is 1. The van der Waals surface area contributed by atoms with Crippen LogP contribution in [0.3, 0.4) is 0 Å². The molecular formula is C16H21N5O3. The van der Waals surface area contributed by atoms with Crippen molar-refractivity contribution < 1.29 is 15.0 Å². The molecule has 0 saturated carbocycles. The minimum absolute atomic E-state index is 0.116. The number of carbonyl (C=O) groups is 1. The minimum atomic E-state index is -0.965. The summed E-state index contributed by atoms with van der Waals surface area (Å²) < 4.78 is 1.81. The van der Waals surface area contributed by atoms with E-state index in [1.165, 1.54) is 0 Å². The molecule has 0 fully saturated rings. The van der Waals surface area contributed by atoms with Gasteiger partial charge in [-0.3, -0.25) is 14.4 Å². The molecule has 1 aliphatic rings. The average Bonchev–Trinajstić information content (AvgIpc) is 2.99. The van der Waals surface area contributed by atoms with Crippen molar-refractivity contribution in [1.29, 1.82) is 0 Å². The molecule has 24 heavy (non-hydrogen) atoms. The lowest BCUT2D eigenvalue weighted by Gasteiger charge is -2.26. The molecule has 1 amide bonds. The van der Waals surface area contributed by atoms with Crippen molar-refractivity contribution in [2.75, 3.05) is 25.0 Å². The van der Waals surface area contributed by atoms with Crippen molar-refractivity contribution >= 4 is 11.7 Å².